The SMILES string of the molecule is CC(C)CCCOc1ccc(CC(C)C)cc1. The van der Waals surface area contributed by atoms with Gasteiger partial charge in [0.1, 0.15) is 5.75 Å². The zero-order chi connectivity index (χ0) is 12.7. The molecule has 0 aliphatic carbocycles. The predicted molar refractivity (Wildman–Crippen MR) is 74.6 cm³/mol. The largest absolute Gasteiger partial charge is 0.494 e. The summed E-state index contributed by atoms with van der Waals surface area (Å²) in [5.74, 6) is 2.49. The highest BCUT2D eigenvalue weighted by molar-refractivity contribution is 5.27. The Hall–Kier alpha value is -0.980. The second kappa shape index (κ2) is 7.37. The van der Waals surface area contributed by atoms with Gasteiger partial charge in [-0.1, -0.05) is 39.8 Å². The first-order chi connectivity index (χ1) is 8.08. The van der Waals surface area contributed by atoms with Crippen molar-refractivity contribution in [3.05, 3.63) is 29.8 Å². The highest BCUT2D eigenvalue weighted by Crippen LogP contribution is 2.15. The Kier molecular flexibility index (Phi) is 6.10. The molecule has 0 aliphatic rings. The van der Waals surface area contributed by atoms with E-state index in [0.29, 0.717) is 5.92 Å². The fraction of sp³-hybridized carbons (Fsp3) is 0.625. The molecule has 0 heterocycles. The number of ether oxygens (including phenoxy) is 1. The van der Waals surface area contributed by atoms with Crippen molar-refractivity contribution in [3.63, 3.8) is 0 Å². The van der Waals surface area contributed by atoms with Gasteiger partial charge in [0.2, 0.25) is 0 Å². The van der Waals surface area contributed by atoms with E-state index in [9.17, 15) is 0 Å². The van der Waals surface area contributed by atoms with Gasteiger partial charge in [-0.25, -0.2) is 0 Å². The van der Waals surface area contributed by atoms with Crippen LogP contribution in [0.25, 0.3) is 0 Å². The molecule has 0 aliphatic heterocycles. The van der Waals surface area contributed by atoms with E-state index in [4.69, 9.17) is 4.74 Å². The molecule has 0 N–H and O–H groups in total. The molecule has 96 valence electrons. The molecule has 1 aromatic rings. The van der Waals surface area contributed by atoms with Gasteiger partial charge in [0.25, 0.3) is 0 Å². The summed E-state index contributed by atoms with van der Waals surface area (Å²) >= 11 is 0. The Morgan fingerprint density at radius 2 is 1.59 bits per heavy atom. The molecule has 0 spiro atoms. The molecule has 17 heavy (non-hydrogen) atoms. The molecular weight excluding hydrogens is 208 g/mol. The van der Waals surface area contributed by atoms with Crippen LogP contribution in [-0.4, -0.2) is 6.61 Å². The lowest BCUT2D eigenvalue weighted by Crippen LogP contribution is -2.00. The summed E-state index contributed by atoms with van der Waals surface area (Å²) in [4.78, 5) is 0. The average Bonchev–Trinajstić information content (AvgIpc) is 2.25. The molecule has 1 nitrogen and oxygen atoms in total. The van der Waals surface area contributed by atoms with Crippen LogP contribution in [0.15, 0.2) is 24.3 Å². The minimum absolute atomic E-state index is 0.716. The second-order valence-electron chi connectivity index (χ2n) is 5.63. The Labute approximate surface area is 106 Å². The molecule has 0 amide bonds. The molecule has 0 saturated heterocycles. The maximum atomic E-state index is 5.72. The fourth-order valence-corrected chi connectivity index (χ4v) is 1.87. The summed E-state index contributed by atoms with van der Waals surface area (Å²) < 4.78 is 5.72. The van der Waals surface area contributed by atoms with Gasteiger partial charge >= 0.3 is 0 Å². The lowest BCUT2D eigenvalue weighted by Gasteiger charge is -2.09. The summed E-state index contributed by atoms with van der Waals surface area (Å²) in [5, 5.41) is 0. The van der Waals surface area contributed by atoms with Crippen molar-refractivity contribution in [1.29, 1.82) is 0 Å². The Morgan fingerprint density at radius 1 is 0.941 bits per heavy atom. The van der Waals surface area contributed by atoms with Crippen LogP contribution < -0.4 is 4.74 Å². The van der Waals surface area contributed by atoms with E-state index in [1.807, 2.05) is 0 Å². The number of hydrogen-bond acceptors (Lipinski definition) is 1. The third kappa shape index (κ3) is 6.35. The van der Waals surface area contributed by atoms with Gasteiger partial charge < -0.3 is 4.74 Å². The van der Waals surface area contributed by atoms with Crippen molar-refractivity contribution < 1.29 is 4.74 Å². The molecular formula is C16H26O. The van der Waals surface area contributed by atoms with E-state index in [-0.39, 0.29) is 0 Å². The maximum Gasteiger partial charge on any atom is 0.119 e. The Morgan fingerprint density at radius 3 is 2.12 bits per heavy atom. The minimum atomic E-state index is 0.716. The normalized spacial score (nSPS) is 11.2. The topological polar surface area (TPSA) is 9.23 Å². The van der Waals surface area contributed by atoms with Gasteiger partial charge in [-0.2, -0.15) is 0 Å². The lowest BCUT2D eigenvalue weighted by atomic mass is 10.0. The monoisotopic (exact) mass is 234 g/mol. The van der Waals surface area contributed by atoms with Gasteiger partial charge in [0.05, 0.1) is 6.61 Å². The van der Waals surface area contributed by atoms with Crippen LogP contribution in [0, 0.1) is 11.8 Å². The van der Waals surface area contributed by atoms with Crippen LogP contribution in [-0.2, 0) is 6.42 Å². The predicted octanol–water partition coefficient (Wildman–Crippen LogP) is 4.70. The number of hydrogen-bond donors (Lipinski definition) is 0. The van der Waals surface area contributed by atoms with E-state index >= 15 is 0 Å². The van der Waals surface area contributed by atoms with Crippen molar-refractivity contribution in [2.75, 3.05) is 6.61 Å². The first-order valence-electron chi connectivity index (χ1n) is 6.79. The lowest BCUT2D eigenvalue weighted by molar-refractivity contribution is 0.297. The van der Waals surface area contributed by atoms with Crippen LogP contribution >= 0.6 is 0 Å². The molecule has 0 atom stereocenters. The van der Waals surface area contributed by atoms with Crippen molar-refractivity contribution in [1.82, 2.24) is 0 Å². The Bertz CT molecular complexity index is 298. The van der Waals surface area contributed by atoms with Crippen LogP contribution in [0.4, 0.5) is 0 Å². The van der Waals surface area contributed by atoms with Crippen molar-refractivity contribution >= 4 is 0 Å². The molecule has 0 unspecified atom stereocenters. The average molecular weight is 234 g/mol. The smallest absolute Gasteiger partial charge is 0.119 e. The second-order valence-corrected chi connectivity index (χ2v) is 5.63. The van der Waals surface area contributed by atoms with Gasteiger partial charge in [-0.15, -0.1) is 0 Å². The standard InChI is InChI=1S/C16H26O/c1-13(2)6-5-11-17-16-9-7-15(8-10-16)12-14(3)4/h7-10,13-14H,5-6,11-12H2,1-4H3. The van der Waals surface area contributed by atoms with E-state index in [1.54, 1.807) is 0 Å². The highest BCUT2D eigenvalue weighted by atomic mass is 16.5. The molecule has 1 heteroatoms. The third-order valence-corrected chi connectivity index (χ3v) is 2.76. The third-order valence-electron chi connectivity index (χ3n) is 2.76. The maximum absolute atomic E-state index is 5.72. The van der Waals surface area contributed by atoms with Crippen molar-refractivity contribution in [2.45, 2.75) is 47.0 Å². The molecule has 1 rings (SSSR count). The van der Waals surface area contributed by atoms with E-state index in [0.717, 1.165) is 31.1 Å². The number of benzene rings is 1. The summed E-state index contributed by atoms with van der Waals surface area (Å²) in [6.07, 6.45) is 3.53. The first-order valence-corrected chi connectivity index (χ1v) is 6.79. The van der Waals surface area contributed by atoms with Gasteiger partial charge in [0.15, 0.2) is 0 Å². The first kappa shape index (κ1) is 14.1. The number of rotatable bonds is 7. The Balaban J connectivity index is 2.30. The van der Waals surface area contributed by atoms with Crippen molar-refractivity contribution in [2.24, 2.45) is 11.8 Å². The molecule has 0 saturated carbocycles. The highest BCUT2D eigenvalue weighted by Gasteiger charge is 1.99. The molecule has 0 bridgehead atoms. The zero-order valence-electron chi connectivity index (χ0n) is 11.7. The summed E-state index contributed by atoms with van der Waals surface area (Å²) in [6, 6.07) is 8.54. The molecule has 0 aromatic heterocycles. The van der Waals surface area contributed by atoms with Crippen LogP contribution in [0.1, 0.15) is 46.1 Å². The van der Waals surface area contributed by atoms with Crippen LogP contribution in [0.2, 0.25) is 0 Å². The quantitative estimate of drug-likeness (QED) is 0.621. The fourth-order valence-electron chi connectivity index (χ4n) is 1.87. The van der Waals surface area contributed by atoms with E-state index < -0.39 is 0 Å². The van der Waals surface area contributed by atoms with Crippen molar-refractivity contribution in [3.8, 4) is 5.75 Å². The minimum Gasteiger partial charge on any atom is -0.494 e. The summed E-state index contributed by atoms with van der Waals surface area (Å²) in [5.41, 5.74) is 1.40. The van der Waals surface area contributed by atoms with E-state index in [1.165, 1.54) is 12.0 Å². The molecule has 0 radical (unpaired) electrons. The summed E-state index contributed by atoms with van der Waals surface area (Å²) in [7, 11) is 0. The summed E-state index contributed by atoms with van der Waals surface area (Å²) in [6.45, 7) is 9.83. The molecule has 1 aromatic carbocycles. The van der Waals surface area contributed by atoms with Gasteiger partial charge in [-0.05, 0) is 48.8 Å². The van der Waals surface area contributed by atoms with Gasteiger partial charge in [-0.3, -0.25) is 0 Å². The van der Waals surface area contributed by atoms with Crippen LogP contribution in [0.5, 0.6) is 5.75 Å². The molecule has 0 fully saturated rings. The van der Waals surface area contributed by atoms with E-state index in [2.05, 4.69) is 52.0 Å². The van der Waals surface area contributed by atoms with Gasteiger partial charge in [0, 0.05) is 0 Å². The zero-order valence-corrected chi connectivity index (χ0v) is 11.7. The van der Waals surface area contributed by atoms with Crippen LogP contribution in [0.3, 0.4) is 0 Å².